The van der Waals surface area contributed by atoms with E-state index in [1.54, 1.807) is 0 Å². The quantitative estimate of drug-likeness (QED) is 0.721. The van der Waals surface area contributed by atoms with Gasteiger partial charge < -0.3 is 0 Å². The van der Waals surface area contributed by atoms with Crippen molar-refractivity contribution in [2.24, 2.45) is 4.99 Å². The number of nitrogens with one attached hydrogen (secondary N) is 1. The number of amidine groups is 1. The summed E-state index contributed by atoms with van der Waals surface area (Å²) >= 11 is 0.579. The van der Waals surface area contributed by atoms with E-state index in [-0.39, 0.29) is 0 Å². The number of hydrogen-bond donors (Lipinski definition) is 1. The predicted octanol–water partition coefficient (Wildman–Crippen LogP) is 1.59. The summed E-state index contributed by atoms with van der Waals surface area (Å²) in [4.78, 5) is 4.36. The topological polar surface area (TPSA) is 24.4 Å². The van der Waals surface area contributed by atoms with E-state index in [0.29, 0.717) is 15.0 Å². The van der Waals surface area contributed by atoms with Gasteiger partial charge in [0.05, 0.1) is 0 Å². The van der Waals surface area contributed by atoms with Crippen LogP contribution in [0, 0.1) is 0 Å². The van der Waals surface area contributed by atoms with Crippen molar-refractivity contribution in [2.75, 3.05) is 11.9 Å². The van der Waals surface area contributed by atoms with Gasteiger partial charge in [0.25, 0.3) is 0 Å². The van der Waals surface area contributed by atoms with Crippen LogP contribution in [0.4, 0.5) is 5.69 Å². The van der Waals surface area contributed by atoms with Crippen LogP contribution in [0.2, 0.25) is 5.32 Å². The molecule has 62 valence electrons. The van der Waals surface area contributed by atoms with Gasteiger partial charge >= 0.3 is 77.9 Å². The molecule has 0 aromatic heterocycles. The molecule has 0 atom stereocenters. The Kier molecular flexibility index (Phi) is 2.44. The Morgan fingerprint density at radius 3 is 2.75 bits per heavy atom. The van der Waals surface area contributed by atoms with Crippen molar-refractivity contribution in [1.29, 1.82) is 0 Å². The molecular formula is C9H10N2Se. The first-order valence-electron chi connectivity index (χ1n) is 3.94. The third-order valence-corrected chi connectivity index (χ3v) is 3.48. The normalized spacial score (nSPS) is 15.8. The first kappa shape index (κ1) is 7.84. The minimum absolute atomic E-state index is 0.579. The van der Waals surface area contributed by atoms with Crippen LogP contribution in [-0.2, 0) is 0 Å². The second-order valence-electron chi connectivity index (χ2n) is 2.53. The van der Waals surface area contributed by atoms with Crippen LogP contribution < -0.4 is 5.32 Å². The van der Waals surface area contributed by atoms with Gasteiger partial charge in [-0.05, 0) is 0 Å². The van der Waals surface area contributed by atoms with E-state index in [2.05, 4.69) is 22.4 Å². The molecule has 0 fully saturated rings. The number of rotatable bonds is 1. The molecule has 0 unspecified atom stereocenters. The van der Waals surface area contributed by atoms with Crippen molar-refractivity contribution in [1.82, 2.24) is 0 Å². The second kappa shape index (κ2) is 3.74. The molecule has 0 saturated carbocycles. The molecule has 1 heterocycles. The molecule has 3 heteroatoms. The summed E-state index contributed by atoms with van der Waals surface area (Å²) in [5.74, 6) is 0. The number of nitrogens with zero attached hydrogens (tertiary/aromatic N) is 1. The summed E-state index contributed by atoms with van der Waals surface area (Å²) in [6, 6.07) is 10.2. The third-order valence-electron chi connectivity index (χ3n) is 1.61. The van der Waals surface area contributed by atoms with E-state index in [1.807, 2.05) is 18.2 Å². The molecule has 0 radical (unpaired) electrons. The molecule has 2 rings (SSSR count). The summed E-state index contributed by atoms with van der Waals surface area (Å²) in [5.41, 5.74) is 1.15. The van der Waals surface area contributed by atoms with E-state index in [0.717, 1.165) is 12.2 Å². The molecule has 1 aliphatic heterocycles. The summed E-state index contributed by atoms with van der Waals surface area (Å²) in [6.45, 7) is 1.01. The first-order valence-corrected chi connectivity index (χ1v) is 6.01. The van der Waals surface area contributed by atoms with Crippen molar-refractivity contribution >= 4 is 25.4 Å². The second-order valence-corrected chi connectivity index (χ2v) is 4.80. The minimum atomic E-state index is 0.579. The molecule has 2 nitrogen and oxygen atoms in total. The van der Waals surface area contributed by atoms with E-state index >= 15 is 0 Å². The van der Waals surface area contributed by atoms with Crippen LogP contribution in [0.5, 0.6) is 0 Å². The molecule has 1 aromatic rings. The maximum absolute atomic E-state index is 4.36. The number of anilines is 1. The van der Waals surface area contributed by atoms with Gasteiger partial charge in [-0.25, -0.2) is 0 Å². The monoisotopic (exact) mass is 226 g/mol. The molecule has 0 saturated heterocycles. The van der Waals surface area contributed by atoms with Crippen molar-refractivity contribution in [3.63, 3.8) is 0 Å². The van der Waals surface area contributed by atoms with Crippen LogP contribution in [0.15, 0.2) is 35.3 Å². The fourth-order valence-corrected chi connectivity index (χ4v) is 2.63. The fraction of sp³-hybridized carbons (Fsp3) is 0.222. The SMILES string of the molecule is c1ccc(NC2=NCC[Se]2)cc1. The zero-order valence-electron chi connectivity index (χ0n) is 6.66. The standard InChI is InChI=1S/C9H10N2Se/c1-2-4-8(5-3-1)11-9-10-6-7-12-9/h1-5H,6-7H2,(H,10,11). The molecule has 1 N–H and O–H groups in total. The van der Waals surface area contributed by atoms with Crippen LogP contribution in [0.1, 0.15) is 0 Å². The van der Waals surface area contributed by atoms with Crippen LogP contribution in [0.25, 0.3) is 0 Å². The molecule has 0 spiro atoms. The van der Waals surface area contributed by atoms with E-state index < -0.39 is 0 Å². The Hall–Kier alpha value is -0.791. The van der Waals surface area contributed by atoms with Crippen molar-refractivity contribution in [3.05, 3.63) is 30.3 Å². The van der Waals surface area contributed by atoms with Gasteiger partial charge in [0.1, 0.15) is 0 Å². The van der Waals surface area contributed by atoms with Gasteiger partial charge in [0, 0.05) is 0 Å². The molecule has 0 aliphatic carbocycles. The van der Waals surface area contributed by atoms with Crippen molar-refractivity contribution < 1.29 is 0 Å². The summed E-state index contributed by atoms with van der Waals surface area (Å²) < 4.78 is 1.19. The predicted molar refractivity (Wildman–Crippen MR) is 52.9 cm³/mol. The number of aliphatic imine (C=N–C) groups is 1. The van der Waals surface area contributed by atoms with Gasteiger partial charge in [0.15, 0.2) is 0 Å². The third kappa shape index (κ3) is 1.87. The molecule has 12 heavy (non-hydrogen) atoms. The fourth-order valence-electron chi connectivity index (χ4n) is 1.06. The van der Waals surface area contributed by atoms with Gasteiger partial charge in [-0.2, -0.15) is 0 Å². The number of para-hydroxylation sites is 1. The molecule has 0 bridgehead atoms. The van der Waals surface area contributed by atoms with Gasteiger partial charge in [0.2, 0.25) is 0 Å². The number of hydrogen-bond acceptors (Lipinski definition) is 2. The number of benzene rings is 1. The average molecular weight is 225 g/mol. The molecule has 1 aromatic carbocycles. The maximum atomic E-state index is 4.36. The average Bonchev–Trinajstić information content (AvgIpc) is 2.59. The Bertz CT molecular complexity index is 282. The van der Waals surface area contributed by atoms with Gasteiger partial charge in [-0.1, -0.05) is 0 Å². The zero-order valence-corrected chi connectivity index (χ0v) is 8.37. The van der Waals surface area contributed by atoms with E-state index in [9.17, 15) is 0 Å². The van der Waals surface area contributed by atoms with Crippen LogP contribution in [-0.4, -0.2) is 26.2 Å². The van der Waals surface area contributed by atoms with Crippen LogP contribution in [0.3, 0.4) is 0 Å². The van der Waals surface area contributed by atoms with Crippen molar-refractivity contribution in [2.45, 2.75) is 5.32 Å². The first-order chi connectivity index (χ1) is 5.95. The Balaban J connectivity index is 2.04. The summed E-state index contributed by atoms with van der Waals surface area (Å²) in [5, 5.41) is 4.57. The van der Waals surface area contributed by atoms with Crippen molar-refractivity contribution in [3.8, 4) is 0 Å². The molecule has 1 aliphatic rings. The van der Waals surface area contributed by atoms with Crippen LogP contribution >= 0.6 is 0 Å². The summed E-state index contributed by atoms with van der Waals surface area (Å²) in [7, 11) is 0. The Labute approximate surface area is 78.2 Å². The van der Waals surface area contributed by atoms with Gasteiger partial charge in [-0.3, -0.25) is 0 Å². The Morgan fingerprint density at radius 2 is 2.08 bits per heavy atom. The summed E-state index contributed by atoms with van der Waals surface area (Å²) in [6.07, 6.45) is 0. The zero-order chi connectivity index (χ0) is 8.23. The molecule has 0 amide bonds. The van der Waals surface area contributed by atoms with E-state index in [1.165, 1.54) is 10.1 Å². The van der Waals surface area contributed by atoms with E-state index in [4.69, 9.17) is 0 Å². The Morgan fingerprint density at radius 1 is 1.25 bits per heavy atom. The molecular weight excluding hydrogens is 215 g/mol. The van der Waals surface area contributed by atoms with Gasteiger partial charge in [-0.15, -0.1) is 0 Å².